The number of amides is 1. The molecule has 0 aromatic heterocycles. The second-order valence-corrected chi connectivity index (χ2v) is 7.52. The number of rotatable bonds is 8. The number of nitrogens with two attached hydrogens (primary N) is 2. The van der Waals surface area contributed by atoms with E-state index in [4.69, 9.17) is 16.2 Å². The Hall–Kier alpha value is -3.07. The van der Waals surface area contributed by atoms with Gasteiger partial charge in [0.1, 0.15) is 11.4 Å². The summed E-state index contributed by atoms with van der Waals surface area (Å²) in [5.74, 6) is 0.939. The Balaban J connectivity index is 1.67. The summed E-state index contributed by atoms with van der Waals surface area (Å²) >= 11 is 3.15. The Morgan fingerprint density at radius 3 is 2.60 bits per heavy atom. The molecule has 1 aliphatic rings. The molecule has 1 heterocycles. The van der Waals surface area contributed by atoms with Gasteiger partial charge < -0.3 is 21.5 Å². The molecule has 30 heavy (non-hydrogen) atoms. The standard InChI is InChI=1S/C21H25BrN6O2/c1-21(27-19(23)26-20(24)28(21)15-8-3-2-4-9-15)12-7-13-30-17-11-6-5-10-16(17)25-18(29)14-22/h2-6,8-11H,7,12-14H2,1H3,(H,25,29)(H4,23,24,26,27). The van der Waals surface area contributed by atoms with Crippen molar-refractivity contribution < 1.29 is 9.53 Å². The van der Waals surface area contributed by atoms with Crippen LogP contribution in [-0.4, -0.2) is 35.4 Å². The van der Waals surface area contributed by atoms with Gasteiger partial charge in [-0.15, -0.1) is 0 Å². The Labute approximate surface area is 184 Å². The lowest BCUT2D eigenvalue weighted by Crippen LogP contribution is -2.56. The van der Waals surface area contributed by atoms with E-state index in [-0.39, 0.29) is 17.2 Å². The van der Waals surface area contributed by atoms with Crippen LogP contribution in [0, 0.1) is 0 Å². The number of benzene rings is 2. The van der Waals surface area contributed by atoms with Crippen molar-refractivity contribution >= 4 is 45.1 Å². The third-order valence-corrected chi connectivity index (χ3v) is 5.15. The maximum absolute atomic E-state index is 11.7. The highest BCUT2D eigenvalue weighted by atomic mass is 79.9. The van der Waals surface area contributed by atoms with Gasteiger partial charge in [0, 0.05) is 5.69 Å². The maximum atomic E-state index is 11.7. The number of aliphatic imine (C=N–C) groups is 2. The first kappa shape index (κ1) is 21.6. The normalized spacial score (nSPS) is 18.4. The van der Waals surface area contributed by atoms with Gasteiger partial charge in [0.05, 0.1) is 17.6 Å². The third kappa shape index (κ3) is 5.10. The van der Waals surface area contributed by atoms with Crippen molar-refractivity contribution in [2.45, 2.75) is 25.4 Å². The Bertz CT molecular complexity index is 950. The Morgan fingerprint density at radius 1 is 1.17 bits per heavy atom. The number of nitrogens with zero attached hydrogens (tertiary/aromatic N) is 3. The van der Waals surface area contributed by atoms with Gasteiger partial charge in [0.2, 0.25) is 17.8 Å². The topological polar surface area (TPSA) is 118 Å². The molecule has 1 atom stereocenters. The number of carbonyl (C=O) groups is 1. The average Bonchev–Trinajstić information content (AvgIpc) is 2.72. The van der Waals surface area contributed by atoms with Gasteiger partial charge in [-0.25, -0.2) is 4.99 Å². The van der Waals surface area contributed by atoms with Crippen LogP contribution in [0.4, 0.5) is 11.4 Å². The molecule has 0 aliphatic carbocycles. The van der Waals surface area contributed by atoms with E-state index in [0.29, 0.717) is 36.8 Å². The molecule has 0 radical (unpaired) electrons. The number of anilines is 2. The number of ether oxygens (including phenoxy) is 1. The van der Waals surface area contributed by atoms with Crippen molar-refractivity contribution in [3.63, 3.8) is 0 Å². The predicted octanol–water partition coefficient (Wildman–Crippen LogP) is 3.04. The largest absolute Gasteiger partial charge is 0.491 e. The maximum Gasteiger partial charge on any atom is 0.235 e. The number of nitrogens with one attached hydrogen (secondary N) is 1. The molecule has 1 amide bonds. The van der Waals surface area contributed by atoms with E-state index in [2.05, 4.69) is 31.2 Å². The zero-order chi connectivity index (χ0) is 21.6. The molecule has 0 saturated heterocycles. The molecule has 9 heteroatoms. The van der Waals surface area contributed by atoms with Crippen LogP contribution >= 0.6 is 15.9 Å². The highest BCUT2D eigenvalue weighted by Crippen LogP contribution is 2.31. The van der Waals surface area contributed by atoms with Crippen LogP contribution in [0.5, 0.6) is 5.75 Å². The fourth-order valence-electron chi connectivity index (χ4n) is 3.36. The molecule has 0 spiro atoms. The molecular formula is C21H25BrN6O2. The first-order valence-corrected chi connectivity index (χ1v) is 10.7. The van der Waals surface area contributed by atoms with Gasteiger partial charge in [0.25, 0.3) is 0 Å². The van der Waals surface area contributed by atoms with Crippen molar-refractivity contribution in [1.29, 1.82) is 0 Å². The second kappa shape index (κ2) is 9.62. The molecule has 2 aromatic carbocycles. The molecule has 5 N–H and O–H groups in total. The van der Waals surface area contributed by atoms with Crippen molar-refractivity contribution in [2.24, 2.45) is 21.5 Å². The fourth-order valence-corrected chi connectivity index (χ4v) is 3.50. The Kier molecular flexibility index (Phi) is 6.94. The molecule has 158 valence electrons. The van der Waals surface area contributed by atoms with Crippen LogP contribution < -0.4 is 26.4 Å². The molecule has 3 rings (SSSR count). The molecule has 2 aromatic rings. The number of guanidine groups is 2. The lowest BCUT2D eigenvalue weighted by atomic mass is 10.0. The van der Waals surface area contributed by atoms with Crippen LogP contribution in [0.15, 0.2) is 64.6 Å². The zero-order valence-corrected chi connectivity index (χ0v) is 18.3. The minimum atomic E-state index is -0.690. The first-order valence-electron chi connectivity index (χ1n) is 9.55. The van der Waals surface area contributed by atoms with Gasteiger partial charge in [0.15, 0.2) is 0 Å². The number of alkyl halides is 1. The molecule has 0 saturated carbocycles. The summed E-state index contributed by atoms with van der Waals surface area (Å²) in [6, 6.07) is 17.1. The van der Waals surface area contributed by atoms with Gasteiger partial charge >= 0.3 is 0 Å². The van der Waals surface area contributed by atoms with E-state index in [1.807, 2.05) is 60.4 Å². The van der Waals surface area contributed by atoms with E-state index < -0.39 is 5.66 Å². The predicted molar refractivity (Wildman–Crippen MR) is 124 cm³/mol. The molecule has 0 fully saturated rings. The summed E-state index contributed by atoms with van der Waals surface area (Å²) in [6.45, 7) is 2.41. The first-order chi connectivity index (χ1) is 14.4. The van der Waals surface area contributed by atoms with E-state index in [0.717, 1.165) is 5.69 Å². The van der Waals surface area contributed by atoms with Crippen LogP contribution in [0.3, 0.4) is 0 Å². The van der Waals surface area contributed by atoms with E-state index in [1.165, 1.54) is 0 Å². The van der Waals surface area contributed by atoms with E-state index in [1.54, 1.807) is 6.07 Å². The molecule has 1 unspecified atom stereocenters. The second-order valence-electron chi connectivity index (χ2n) is 6.96. The number of carbonyl (C=O) groups excluding carboxylic acids is 1. The summed E-state index contributed by atoms with van der Waals surface area (Å²) in [5, 5.41) is 3.03. The van der Waals surface area contributed by atoms with Crippen molar-refractivity contribution in [2.75, 3.05) is 22.2 Å². The monoisotopic (exact) mass is 472 g/mol. The summed E-state index contributed by atoms with van der Waals surface area (Å²) in [6.07, 6.45) is 1.32. The lowest BCUT2D eigenvalue weighted by Gasteiger charge is -2.41. The smallest absolute Gasteiger partial charge is 0.235 e. The van der Waals surface area contributed by atoms with Gasteiger partial charge in [-0.2, -0.15) is 4.99 Å². The van der Waals surface area contributed by atoms with Crippen molar-refractivity contribution in [3.8, 4) is 5.75 Å². The SMILES string of the molecule is CC1(CCCOc2ccccc2NC(=O)CBr)N=C(N)N=C(N)N1c1ccccc1. The zero-order valence-electron chi connectivity index (χ0n) is 16.7. The number of halogens is 1. The van der Waals surface area contributed by atoms with Crippen LogP contribution in [0.25, 0.3) is 0 Å². The Morgan fingerprint density at radius 2 is 1.87 bits per heavy atom. The quantitative estimate of drug-likeness (QED) is 0.402. The molecule has 1 aliphatic heterocycles. The van der Waals surface area contributed by atoms with Crippen LogP contribution in [-0.2, 0) is 4.79 Å². The number of hydrogen-bond donors (Lipinski definition) is 3. The average molecular weight is 473 g/mol. The number of para-hydroxylation sites is 3. The van der Waals surface area contributed by atoms with E-state index in [9.17, 15) is 4.79 Å². The molecule has 0 bridgehead atoms. The summed E-state index contributed by atoms with van der Waals surface area (Å²) in [5.41, 5.74) is 12.9. The van der Waals surface area contributed by atoms with E-state index >= 15 is 0 Å². The van der Waals surface area contributed by atoms with Gasteiger partial charge in [-0.05, 0) is 44.0 Å². The highest BCUT2D eigenvalue weighted by Gasteiger charge is 2.37. The van der Waals surface area contributed by atoms with Crippen LogP contribution in [0.2, 0.25) is 0 Å². The lowest BCUT2D eigenvalue weighted by molar-refractivity contribution is -0.113. The third-order valence-electron chi connectivity index (χ3n) is 4.64. The summed E-state index contributed by atoms with van der Waals surface area (Å²) in [7, 11) is 0. The highest BCUT2D eigenvalue weighted by molar-refractivity contribution is 9.09. The minimum absolute atomic E-state index is 0.140. The summed E-state index contributed by atoms with van der Waals surface area (Å²) < 4.78 is 5.92. The van der Waals surface area contributed by atoms with Crippen LogP contribution in [0.1, 0.15) is 19.8 Å². The minimum Gasteiger partial charge on any atom is -0.491 e. The van der Waals surface area contributed by atoms with Crippen molar-refractivity contribution in [3.05, 3.63) is 54.6 Å². The van der Waals surface area contributed by atoms with Gasteiger partial charge in [-0.3, -0.25) is 9.69 Å². The molecular weight excluding hydrogens is 448 g/mol. The van der Waals surface area contributed by atoms with Crippen molar-refractivity contribution in [1.82, 2.24) is 0 Å². The van der Waals surface area contributed by atoms with Gasteiger partial charge in [-0.1, -0.05) is 46.3 Å². The summed E-state index contributed by atoms with van der Waals surface area (Å²) in [4.78, 5) is 22.3. The number of hydrogen-bond acceptors (Lipinski definition) is 7. The fraction of sp³-hybridized carbons (Fsp3) is 0.286. The molecule has 8 nitrogen and oxygen atoms in total.